The summed E-state index contributed by atoms with van der Waals surface area (Å²) >= 11 is 0. The number of aliphatic hydroxyl groups excluding tert-OH is 1. The van der Waals surface area contributed by atoms with Gasteiger partial charge in [-0.05, 0) is 25.2 Å². The zero-order valence-corrected chi connectivity index (χ0v) is 10.9. The van der Waals surface area contributed by atoms with Gasteiger partial charge in [-0.15, -0.1) is 0 Å². The van der Waals surface area contributed by atoms with Crippen molar-refractivity contribution in [1.29, 1.82) is 0 Å². The maximum atomic E-state index is 11.6. The number of hydrogen-bond acceptors (Lipinski definition) is 3. The number of rotatable bonds is 8. The summed E-state index contributed by atoms with van der Waals surface area (Å²) in [5, 5.41) is 14.8. The summed E-state index contributed by atoms with van der Waals surface area (Å²) in [4.78, 5) is 11.6. The standard InChI is InChI=1S/C12H26N2O2/c1-9(2)5-6-13-12(16)11(4)14-7-10(3)8-15/h9-11,14-15H,5-8H2,1-4H3,(H,13,16). The summed E-state index contributed by atoms with van der Waals surface area (Å²) in [6.07, 6.45) is 1.01. The molecule has 0 aromatic rings. The van der Waals surface area contributed by atoms with Crippen molar-refractivity contribution in [2.45, 2.75) is 40.2 Å². The average molecular weight is 230 g/mol. The van der Waals surface area contributed by atoms with Gasteiger partial charge in [0.05, 0.1) is 6.04 Å². The van der Waals surface area contributed by atoms with Gasteiger partial charge in [0.15, 0.2) is 0 Å². The van der Waals surface area contributed by atoms with E-state index in [1.54, 1.807) is 0 Å². The minimum atomic E-state index is -0.193. The largest absolute Gasteiger partial charge is 0.396 e. The fourth-order valence-corrected chi connectivity index (χ4v) is 1.17. The highest BCUT2D eigenvalue weighted by atomic mass is 16.3. The summed E-state index contributed by atoms with van der Waals surface area (Å²) in [7, 11) is 0. The van der Waals surface area contributed by atoms with Gasteiger partial charge in [0, 0.05) is 19.7 Å². The van der Waals surface area contributed by atoms with Crippen LogP contribution >= 0.6 is 0 Å². The minimum absolute atomic E-state index is 0.0331. The molecule has 2 unspecified atom stereocenters. The van der Waals surface area contributed by atoms with Crippen LogP contribution in [0.5, 0.6) is 0 Å². The third-order valence-corrected chi connectivity index (χ3v) is 2.50. The van der Waals surface area contributed by atoms with Crippen molar-refractivity contribution in [1.82, 2.24) is 10.6 Å². The van der Waals surface area contributed by atoms with Gasteiger partial charge >= 0.3 is 0 Å². The predicted octanol–water partition coefficient (Wildman–Crippen LogP) is 0.755. The van der Waals surface area contributed by atoms with E-state index in [-0.39, 0.29) is 24.5 Å². The number of hydrogen-bond donors (Lipinski definition) is 3. The molecular formula is C12H26N2O2. The van der Waals surface area contributed by atoms with Gasteiger partial charge in [-0.2, -0.15) is 0 Å². The van der Waals surface area contributed by atoms with Crippen molar-refractivity contribution in [3.63, 3.8) is 0 Å². The third-order valence-electron chi connectivity index (χ3n) is 2.50. The van der Waals surface area contributed by atoms with E-state index in [4.69, 9.17) is 5.11 Å². The lowest BCUT2D eigenvalue weighted by molar-refractivity contribution is -0.122. The number of carbonyl (C=O) groups is 1. The SMILES string of the molecule is CC(C)CCNC(=O)C(C)NCC(C)CO. The van der Waals surface area contributed by atoms with Gasteiger partial charge in [0.25, 0.3) is 0 Å². The van der Waals surface area contributed by atoms with E-state index >= 15 is 0 Å². The Hall–Kier alpha value is -0.610. The molecule has 16 heavy (non-hydrogen) atoms. The smallest absolute Gasteiger partial charge is 0.236 e. The number of amides is 1. The Morgan fingerprint density at radius 3 is 2.38 bits per heavy atom. The van der Waals surface area contributed by atoms with Gasteiger partial charge in [-0.3, -0.25) is 4.79 Å². The highest BCUT2D eigenvalue weighted by molar-refractivity contribution is 5.81. The fourth-order valence-electron chi connectivity index (χ4n) is 1.17. The third kappa shape index (κ3) is 7.65. The van der Waals surface area contributed by atoms with Crippen LogP contribution in [0.2, 0.25) is 0 Å². The number of carbonyl (C=O) groups excluding carboxylic acids is 1. The Morgan fingerprint density at radius 1 is 1.25 bits per heavy atom. The Labute approximate surface area is 98.8 Å². The molecule has 2 atom stereocenters. The summed E-state index contributed by atoms with van der Waals surface area (Å²) in [6, 6.07) is -0.193. The molecule has 3 N–H and O–H groups in total. The number of nitrogens with one attached hydrogen (secondary N) is 2. The molecule has 96 valence electrons. The average Bonchev–Trinajstić information content (AvgIpc) is 2.24. The van der Waals surface area contributed by atoms with Crippen LogP contribution in [-0.2, 0) is 4.79 Å². The van der Waals surface area contributed by atoms with Gasteiger partial charge in [-0.25, -0.2) is 0 Å². The van der Waals surface area contributed by atoms with Crippen molar-refractivity contribution in [3.05, 3.63) is 0 Å². The number of aliphatic hydroxyl groups is 1. The lowest BCUT2D eigenvalue weighted by Crippen LogP contribution is -2.44. The molecule has 0 aromatic heterocycles. The zero-order valence-electron chi connectivity index (χ0n) is 10.9. The molecule has 4 nitrogen and oxygen atoms in total. The summed E-state index contributed by atoms with van der Waals surface area (Å²) < 4.78 is 0. The Kier molecular flexibility index (Phi) is 8.21. The second-order valence-corrected chi connectivity index (χ2v) is 4.89. The van der Waals surface area contributed by atoms with Gasteiger partial charge in [0.1, 0.15) is 0 Å². The molecular weight excluding hydrogens is 204 g/mol. The molecule has 0 saturated carbocycles. The highest BCUT2D eigenvalue weighted by Gasteiger charge is 2.12. The van der Waals surface area contributed by atoms with E-state index in [9.17, 15) is 4.79 Å². The molecule has 0 saturated heterocycles. The summed E-state index contributed by atoms with van der Waals surface area (Å²) in [5.74, 6) is 0.828. The van der Waals surface area contributed by atoms with Crippen molar-refractivity contribution in [2.75, 3.05) is 19.7 Å². The van der Waals surface area contributed by atoms with E-state index in [1.165, 1.54) is 0 Å². The Bertz CT molecular complexity index is 195. The minimum Gasteiger partial charge on any atom is -0.396 e. The quantitative estimate of drug-likeness (QED) is 0.577. The van der Waals surface area contributed by atoms with Gasteiger partial charge < -0.3 is 15.7 Å². The van der Waals surface area contributed by atoms with Crippen LogP contribution in [0.25, 0.3) is 0 Å². The van der Waals surface area contributed by atoms with Crippen LogP contribution in [0.4, 0.5) is 0 Å². The van der Waals surface area contributed by atoms with Crippen LogP contribution < -0.4 is 10.6 Å². The molecule has 0 aliphatic rings. The van der Waals surface area contributed by atoms with Crippen molar-refractivity contribution >= 4 is 5.91 Å². The summed E-state index contributed by atoms with van der Waals surface area (Å²) in [6.45, 7) is 9.60. The lowest BCUT2D eigenvalue weighted by atomic mass is 10.1. The second-order valence-electron chi connectivity index (χ2n) is 4.89. The first kappa shape index (κ1) is 15.4. The molecule has 0 heterocycles. The van der Waals surface area contributed by atoms with E-state index in [0.29, 0.717) is 12.5 Å². The molecule has 0 aliphatic carbocycles. The van der Waals surface area contributed by atoms with Crippen LogP contribution in [0, 0.1) is 11.8 Å². The van der Waals surface area contributed by atoms with E-state index in [0.717, 1.165) is 13.0 Å². The molecule has 0 radical (unpaired) electrons. The molecule has 0 aromatic carbocycles. The topological polar surface area (TPSA) is 61.4 Å². The van der Waals surface area contributed by atoms with Crippen LogP contribution in [0.15, 0.2) is 0 Å². The summed E-state index contributed by atoms with van der Waals surface area (Å²) in [5.41, 5.74) is 0. The van der Waals surface area contributed by atoms with E-state index in [2.05, 4.69) is 24.5 Å². The first-order valence-electron chi connectivity index (χ1n) is 6.09. The Balaban J connectivity index is 3.65. The molecule has 0 aliphatic heterocycles. The van der Waals surface area contributed by atoms with Crippen molar-refractivity contribution < 1.29 is 9.90 Å². The molecule has 0 rings (SSSR count). The van der Waals surface area contributed by atoms with Crippen molar-refractivity contribution in [2.24, 2.45) is 11.8 Å². The fraction of sp³-hybridized carbons (Fsp3) is 0.917. The highest BCUT2D eigenvalue weighted by Crippen LogP contribution is 1.97. The second kappa shape index (κ2) is 8.53. The molecule has 0 spiro atoms. The monoisotopic (exact) mass is 230 g/mol. The van der Waals surface area contributed by atoms with E-state index in [1.807, 2.05) is 13.8 Å². The molecule has 0 bridgehead atoms. The first-order valence-corrected chi connectivity index (χ1v) is 6.09. The van der Waals surface area contributed by atoms with Crippen LogP contribution in [0.1, 0.15) is 34.1 Å². The maximum Gasteiger partial charge on any atom is 0.236 e. The van der Waals surface area contributed by atoms with Crippen LogP contribution in [0.3, 0.4) is 0 Å². The lowest BCUT2D eigenvalue weighted by Gasteiger charge is -2.16. The maximum absolute atomic E-state index is 11.6. The zero-order chi connectivity index (χ0) is 12.6. The van der Waals surface area contributed by atoms with E-state index < -0.39 is 0 Å². The molecule has 0 fully saturated rings. The van der Waals surface area contributed by atoms with Gasteiger partial charge in [-0.1, -0.05) is 20.8 Å². The van der Waals surface area contributed by atoms with Gasteiger partial charge in [0.2, 0.25) is 5.91 Å². The molecule has 1 amide bonds. The first-order chi connectivity index (χ1) is 7.47. The van der Waals surface area contributed by atoms with Crippen LogP contribution in [-0.4, -0.2) is 36.8 Å². The normalized spacial score (nSPS) is 14.9. The van der Waals surface area contributed by atoms with Crippen molar-refractivity contribution in [3.8, 4) is 0 Å². The predicted molar refractivity (Wildman–Crippen MR) is 66.2 cm³/mol. The Morgan fingerprint density at radius 2 is 1.88 bits per heavy atom. The molecule has 4 heteroatoms.